The lowest BCUT2D eigenvalue weighted by atomic mass is 10.0. The Morgan fingerprint density at radius 2 is 1.75 bits per heavy atom. The van der Waals surface area contributed by atoms with Crippen molar-refractivity contribution >= 4 is 27.8 Å². The number of rotatable bonds is 7. The van der Waals surface area contributed by atoms with Crippen molar-refractivity contribution in [3.8, 4) is 0 Å². The number of fused-ring (bicyclic) bond motifs is 2. The highest BCUT2D eigenvalue weighted by atomic mass is 16.1. The summed E-state index contributed by atoms with van der Waals surface area (Å²) in [5.74, 6) is 0.777. The third-order valence-electron chi connectivity index (χ3n) is 5.95. The van der Waals surface area contributed by atoms with Gasteiger partial charge in [0.25, 0.3) is 0 Å². The van der Waals surface area contributed by atoms with Crippen LogP contribution in [0.5, 0.6) is 0 Å². The summed E-state index contributed by atoms with van der Waals surface area (Å²) in [6.45, 7) is 0. The standard InChI is InChI=1S/C27H26N4O/c1-31-18-20(21-13-5-8-16-24(21)31)12-9-17-25(32)30-26(19-10-3-2-4-11-19)27-28-22-14-6-7-15-23(22)29-27/h2-8,10-11,13-16,18,26H,9,12,17H2,1H3,(H,28,29)(H,30,32)/t26-/m1/s1. The van der Waals surface area contributed by atoms with Crippen molar-refractivity contribution in [2.75, 3.05) is 0 Å². The fraction of sp³-hybridized carbons (Fsp3) is 0.185. The number of imidazole rings is 1. The van der Waals surface area contributed by atoms with Crippen LogP contribution in [0.1, 0.15) is 35.8 Å². The van der Waals surface area contributed by atoms with Gasteiger partial charge in [-0.25, -0.2) is 4.98 Å². The van der Waals surface area contributed by atoms with Gasteiger partial charge in [-0.2, -0.15) is 0 Å². The molecule has 5 nitrogen and oxygen atoms in total. The highest BCUT2D eigenvalue weighted by molar-refractivity contribution is 5.84. The van der Waals surface area contributed by atoms with E-state index in [1.165, 1.54) is 16.5 Å². The summed E-state index contributed by atoms with van der Waals surface area (Å²) >= 11 is 0. The second-order valence-electron chi connectivity index (χ2n) is 8.19. The Hall–Kier alpha value is -3.86. The van der Waals surface area contributed by atoms with E-state index in [0.717, 1.165) is 35.3 Å². The molecule has 0 aliphatic carbocycles. The average molecular weight is 423 g/mol. The minimum Gasteiger partial charge on any atom is -0.350 e. The Kier molecular flexibility index (Phi) is 5.46. The number of H-pyrrole nitrogens is 1. The third-order valence-corrected chi connectivity index (χ3v) is 5.95. The van der Waals surface area contributed by atoms with Gasteiger partial charge in [0.2, 0.25) is 5.91 Å². The van der Waals surface area contributed by atoms with Crippen LogP contribution in [0.15, 0.2) is 85.1 Å². The summed E-state index contributed by atoms with van der Waals surface area (Å²) in [4.78, 5) is 21.0. The van der Waals surface area contributed by atoms with Gasteiger partial charge in [0.15, 0.2) is 0 Å². The molecule has 0 fully saturated rings. The summed E-state index contributed by atoms with van der Waals surface area (Å²) in [6, 6.07) is 26.0. The van der Waals surface area contributed by atoms with E-state index >= 15 is 0 Å². The molecule has 1 amide bonds. The minimum atomic E-state index is -0.311. The lowest BCUT2D eigenvalue weighted by Gasteiger charge is -2.17. The molecule has 0 radical (unpaired) electrons. The van der Waals surface area contributed by atoms with Gasteiger partial charge >= 0.3 is 0 Å². The molecule has 0 saturated heterocycles. The SMILES string of the molecule is Cn1cc(CCCC(=O)N[C@H](c2ccccc2)c2nc3ccccc3[nH]2)c2ccccc21. The summed E-state index contributed by atoms with van der Waals surface area (Å²) in [5, 5.41) is 4.47. The molecule has 1 atom stereocenters. The van der Waals surface area contributed by atoms with Crippen LogP contribution in [0, 0.1) is 0 Å². The van der Waals surface area contributed by atoms with E-state index in [2.05, 4.69) is 52.4 Å². The van der Waals surface area contributed by atoms with Crippen molar-refractivity contribution in [1.29, 1.82) is 0 Å². The molecule has 0 aliphatic rings. The van der Waals surface area contributed by atoms with Crippen LogP contribution in [-0.4, -0.2) is 20.4 Å². The Labute approximate surface area is 187 Å². The van der Waals surface area contributed by atoms with Crippen molar-refractivity contribution in [3.05, 3.63) is 102 Å². The van der Waals surface area contributed by atoms with Crippen LogP contribution in [0.4, 0.5) is 0 Å². The van der Waals surface area contributed by atoms with Gasteiger partial charge in [-0.15, -0.1) is 0 Å². The van der Waals surface area contributed by atoms with Crippen LogP contribution in [0.3, 0.4) is 0 Å². The summed E-state index contributed by atoms with van der Waals surface area (Å²) < 4.78 is 2.15. The van der Waals surface area contributed by atoms with E-state index in [0.29, 0.717) is 6.42 Å². The fourth-order valence-electron chi connectivity index (χ4n) is 4.36. The number of amides is 1. The number of aromatic amines is 1. The lowest BCUT2D eigenvalue weighted by Crippen LogP contribution is -2.30. The van der Waals surface area contributed by atoms with Crippen LogP contribution < -0.4 is 5.32 Å². The predicted molar refractivity (Wildman–Crippen MR) is 128 cm³/mol. The average Bonchev–Trinajstić information content (AvgIpc) is 3.39. The largest absolute Gasteiger partial charge is 0.350 e. The summed E-state index contributed by atoms with van der Waals surface area (Å²) in [5.41, 5.74) is 5.38. The maximum Gasteiger partial charge on any atom is 0.220 e. The molecule has 0 aliphatic heterocycles. The van der Waals surface area contributed by atoms with Crippen molar-refractivity contribution in [2.24, 2.45) is 7.05 Å². The molecular formula is C27H26N4O. The summed E-state index contributed by atoms with van der Waals surface area (Å²) in [6.07, 6.45) is 4.30. The van der Waals surface area contributed by atoms with Gasteiger partial charge in [-0.1, -0.05) is 60.7 Å². The molecule has 160 valence electrons. The van der Waals surface area contributed by atoms with E-state index in [9.17, 15) is 4.79 Å². The van der Waals surface area contributed by atoms with E-state index in [1.807, 2.05) is 54.6 Å². The van der Waals surface area contributed by atoms with Crippen LogP contribution in [-0.2, 0) is 18.3 Å². The number of carbonyl (C=O) groups is 1. The Balaban J connectivity index is 1.30. The van der Waals surface area contributed by atoms with Gasteiger partial charge in [-0.3, -0.25) is 4.79 Å². The van der Waals surface area contributed by atoms with E-state index < -0.39 is 0 Å². The zero-order valence-corrected chi connectivity index (χ0v) is 18.1. The van der Waals surface area contributed by atoms with Crippen LogP contribution >= 0.6 is 0 Å². The minimum absolute atomic E-state index is 0.0274. The number of hydrogen-bond donors (Lipinski definition) is 2. The number of aromatic nitrogens is 3. The second kappa shape index (κ2) is 8.71. The zero-order valence-electron chi connectivity index (χ0n) is 18.1. The predicted octanol–water partition coefficient (Wildman–Crippen LogP) is 5.28. The highest BCUT2D eigenvalue weighted by Crippen LogP contribution is 2.24. The Bertz CT molecular complexity index is 1330. The number of aryl methyl sites for hydroxylation is 2. The van der Waals surface area contributed by atoms with E-state index in [-0.39, 0.29) is 11.9 Å². The van der Waals surface area contributed by atoms with E-state index in [1.54, 1.807) is 0 Å². The maximum absolute atomic E-state index is 12.9. The van der Waals surface area contributed by atoms with Gasteiger partial charge < -0.3 is 14.9 Å². The number of nitrogens with one attached hydrogen (secondary N) is 2. The summed E-state index contributed by atoms with van der Waals surface area (Å²) in [7, 11) is 2.07. The van der Waals surface area contributed by atoms with Crippen LogP contribution in [0.2, 0.25) is 0 Å². The molecule has 2 N–H and O–H groups in total. The van der Waals surface area contributed by atoms with Crippen molar-refractivity contribution in [1.82, 2.24) is 19.9 Å². The number of nitrogens with zero attached hydrogens (tertiary/aromatic N) is 2. The van der Waals surface area contributed by atoms with Crippen molar-refractivity contribution < 1.29 is 4.79 Å². The van der Waals surface area contributed by atoms with Gasteiger partial charge in [-0.05, 0) is 42.2 Å². The first-order valence-corrected chi connectivity index (χ1v) is 11.0. The fourth-order valence-corrected chi connectivity index (χ4v) is 4.36. The monoisotopic (exact) mass is 422 g/mol. The van der Waals surface area contributed by atoms with Crippen molar-refractivity contribution in [3.63, 3.8) is 0 Å². The highest BCUT2D eigenvalue weighted by Gasteiger charge is 2.20. The van der Waals surface area contributed by atoms with Crippen molar-refractivity contribution in [2.45, 2.75) is 25.3 Å². The number of benzene rings is 3. The Morgan fingerprint density at radius 1 is 1.00 bits per heavy atom. The first kappa shape index (κ1) is 20.1. The molecule has 0 spiro atoms. The first-order chi connectivity index (χ1) is 15.7. The van der Waals surface area contributed by atoms with Gasteiger partial charge in [0, 0.05) is 30.6 Å². The molecular weight excluding hydrogens is 396 g/mol. The molecule has 5 heteroatoms. The van der Waals surface area contributed by atoms with Crippen LogP contribution in [0.25, 0.3) is 21.9 Å². The molecule has 0 unspecified atom stereocenters. The number of carbonyl (C=O) groups excluding carboxylic acids is 1. The second-order valence-corrected chi connectivity index (χ2v) is 8.19. The topological polar surface area (TPSA) is 62.7 Å². The number of para-hydroxylation sites is 3. The molecule has 2 aromatic heterocycles. The van der Waals surface area contributed by atoms with Gasteiger partial charge in [0.05, 0.1) is 11.0 Å². The first-order valence-electron chi connectivity index (χ1n) is 11.0. The van der Waals surface area contributed by atoms with E-state index in [4.69, 9.17) is 4.98 Å². The maximum atomic E-state index is 12.9. The molecule has 0 bridgehead atoms. The molecule has 0 saturated carbocycles. The molecule has 32 heavy (non-hydrogen) atoms. The third kappa shape index (κ3) is 4.02. The quantitative estimate of drug-likeness (QED) is 0.375. The molecule has 5 rings (SSSR count). The molecule has 3 aromatic carbocycles. The zero-order chi connectivity index (χ0) is 21.9. The lowest BCUT2D eigenvalue weighted by molar-refractivity contribution is -0.121. The van der Waals surface area contributed by atoms with Gasteiger partial charge in [0.1, 0.15) is 11.9 Å². The normalized spacial score (nSPS) is 12.3. The molecule has 2 heterocycles. The Morgan fingerprint density at radius 3 is 2.59 bits per heavy atom. The number of hydrogen-bond acceptors (Lipinski definition) is 2. The smallest absolute Gasteiger partial charge is 0.220 e. The molecule has 5 aromatic rings.